The zero-order chi connectivity index (χ0) is 15.5. The molecular formula is C16H24N2O2S. The lowest BCUT2D eigenvalue weighted by atomic mass is 10.2. The fraction of sp³-hybridized carbons (Fsp3) is 0.500. The molecule has 1 aromatic rings. The molecule has 0 unspecified atom stereocenters. The summed E-state index contributed by atoms with van der Waals surface area (Å²) < 4.78 is 0. The van der Waals surface area contributed by atoms with Gasteiger partial charge >= 0.3 is 0 Å². The first kappa shape index (κ1) is 17.6. The van der Waals surface area contributed by atoms with Gasteiger partial charge in [0, 0.05) is 38.7 Å². The summed E-state index contributed by atoms with van der Waals surface area (Å²) in [4.78, 5) is 25.2. The Hall–Kier alpha value is -1.49. The van der Waals surface area contributed by atoms with Gasteiger partial charge in [0.15, 0.2) is 0 Å². The van der Waals surface area contributed by atoms with E-state index in [-0.39, 0.29) is 11.8 Å². The second kappa shape index (κ2) is 10.3. The van der Waals surface area contributed by atoms with E-state index < -0.39 is 0 Å². The highest BCUT2D eigenvalue weighted by Crippen LogP contribution is 2.04. The smallest absolute Gasteiger partial charge is 0.224 e. The first-order valence-corrected chi connectivity index (χ1v) is 8.41. The Morgan fingerprint density at radius 1 is 1.19 bits per heavy atom. The van der Waals surface area contributed by atoms with Gasteiger partial charge in [0.05, 0.1) is 0 Å². The number of amides is 2. The van der Waals surface area contributed by atoms with Crippen LogP contribution in [0.3, 0.4) is 0 Å². The zero-order valence-electron chi connectivity index (χ0n) is 12.8. The van der Waals surface area contributed by atoms with Crippen molar-refractivity contribution in [1.29, 1.82) is 0 Å². The van der Waals surface area contributed by atoms with Crippen molar-refractivity contribution < 1.29 is 9.59 Å². The Morgan fingerprint density at radius 3 is 2.57 bits per heavy atom. The Labute approximate surface area is 131 Å². The summed E-state index contributed by atoms with van der Waals surface area (Å²) in [5, 5.41) is 2.79. The number of carbonyl (C=O) groups excluding carboxylic acids is 2. The summed E-state index contributed by atoms with van der Waals surface area (Å²) >= 11 is 1.75. The second-order valence-corrected chi connectivity index (χ2v) is 6.18. The molecule has 0 aliphatic rings. The number of rotatable bonds is 9. The molecule has 1 rings (SSSR count). The first-order valence-electron chi connectivity index (χ1n) is 7.25. The van der Waals surface area contributed by atoms with Crippen LogP contribution in [-0.4, -0.2) is 41.8 Å². The van der Waals surface area contributed by atoms with Crippen molar-refractivity contribution in [2.45, 2.75) is 26.3 Å². The molecule has 0 fully saturated rings. The quantitative estimate of drug-likeness (QED) is 0.712. The van der Waals surface area contributed by atoms with Crippen molar-refractivity contribution >= 4 is 23.6 Å². The molecule has 0 spiro atoms. The summed E-state index contributed by atoms with van der Waals surface area (Å²) in [5.41, 5.74) is 1.11. The van der Waals surface area contributed by atoms with Crippen LogP contribution in [0.25, 0.3) is 0 Å². The predicted molar refractivity (Wildman–Crippen MR) is 88.2 cm³/mol. The number of hydrogen-bond donors (Lipinski definition) is 1. The molecule has 0 bridgehead atoms. The first-order chi connectivity index (χ1) is 10.1. The molecule has 0 atom stereocenters. The minimum absolute atomic E-state index is 0.0227. The summed E-state index contributed by atoms with van der Waals surface area (Å²) in [6, 6.07) is 9.87. The van der Waals surface area contributed by atoms with Gasteiger partial charge in [-0.15, -0.1) is 0 Å². The van der Waals surface area contributed by atoms with Gasteiger partial charge in [-0.2, -0.15) is 11.8 Å². The van der Waals surface area contributed by atoms with Gasteiger partial charge in [-0.3, -0.25) is 9.59 Å². The van der Waals surface area contributed by atoms with Crippen LogP contribution in [0.5, 0.6) is 0 Å². The summed E-state index contributed by atoms with van der Waals surface area (Å²) in [7, 11) is 1.79. The SMILES string of the molecule is CCSCCC(=O)NCCC(=O)N(C)Cc1ccccc1. The molecule has 116 valence electrons. The highest BCUT2D eigenvalue weighted by Gasteiger charge is 2.09. The van der Waals surface area contributed by atoms with Crippen LogP contribution in [0.15, 0.2) is 30.3 Å². The maximum atomic E-state index is 12.0. The van der Waals surface area contributed by atoms with Crippen LogP contribution < -0.4 is 5.32 Å². The summed E-state index contributed by atoms with van der Waals surface area (Å²) in [5.74, 6) is 1.93. The average Bonchev–Trinajstić information content (AvgIpc) is 2.48. The van der Waals surface area contributed by atoms with Gasteiger partial charge in [-0.1, -0.05) is 37.3 Å². The third kappa shape index (κ3) is 7.75. The highest BCUT2D eigenvalue weighted by atomic mass is 32.2. The lowest BCUT2D eigenvalue weighted by molar-refractivity contribution is -0.130. The fourth-order valence-corrected chi connectivity index (χ4v) is 2.46. The third-order valence-corrected chi connectivity index (χ3v) is 3.93. The lowest BCUT2D eigenvalue weighted by Crippen LogP contribution is -2.32. The van der Waals surface area contributed by atoms with Crippen LogP contribution in [0.1, 0.15) is 25.3 Å². The molecular weight excluding hydrogens is 284 g/mol. The van der Waals surface area contributed by atoms with Crippen molar-refractivity contribution in [3.05, 3.63) is 35.9 Å². The minimum atomic E-state index is 0.0227. The largest absolute Gasteiger partial charge is 0.356 e. The van der Waals surface area contributed by atoms with Crippen LogP contribution in [0.2, 0.25) is 0 Å². The molecule has 0 saturated heterocycles. The molecule has 21 heavy (non-hydrogen) atoms. The Kier molecular flexibility index (Phi) is 8.59. The van der Waals surface area contributed by atoms with E-state index in [0.29, 0.717) is 25.9 Å². The maximum Gasteiger partial charge on any atom is 0.224 e. The average molecular weight is 308 g/mol. The molecule has 0 aromatic heterocycles. The fourth-order valence-electron chi connectivity index (χ4n) is 1.84. The standard InChI is InChI=1S/C16H24N2O2S/c1-3-21-12-10-15(19)17-11-9-16(20)18(2)13-14-7-5-4-6-8-14/h4-8H,3,9-13H2,1-2H3,(H,17,19). The minimum Gasteiger partial charge on any atom is -0.356 e. The lowest BCUT2D eigenvalue weighted by Gasteiger charge is -2.17. The van der Waals surface area contributed by atoms with Crippen LogP contribution >= 0.6 is 11.8 Å². The molecule has 1 aromatic carbocycles. The number of nitrogens with zero attached hydrogens (tertiary/aromatic N) is 1. The predicted octanol–water partition coefficient (Wildman–Crippen LogP) is 2.29. The van der Waals surface area contributed by atoms with Crippen LogP contribution in [0.4, 0.5) is 0 Å². The molecule has 0 radical (unpaired) electrons. The Morgan fingerprint density at radius 2 is 1.90 bits per heavy atom. The van der Waals surface area contributed by atoms with Crippen LogP contribution in [0, 0.1) is 0 Å². The van der Waals surface area contributed by atoms with E-state index >= 15 is 0 Å². The normalized spacial score (nSPS) is 10.2. The second-order valence-electron chi connectivity index (χ2n) is 4.78. The molecule has 5 heteroatoms. The van der Waals surface area contributed by atoms with Gasteiger partial charge in [0.1, 0.15) is 0 Å². The molecule has 0 heterocycles. The number of hydrogen-bond acceptors (Lipinski definition) is 3. The van der Waals surface area contributed by atoms with Crippen molar-refractivity contribution in [3.63, 3.8) is 0 Å². The van der Waals surface area contributed by atoms with Crippen molar-refractivity contribution in [2.75, 3.05) is 25.1 Å². The molecule has 1 N–H and O–H groups in total. The number of nitrogens with one attached hydrogen (secondary N) is 1. The molecule has 4 nitrogen and oxygen atoms in total. The van der Waals surface area contributed by atoms with Gasteiger partial charge < -0.3 is 10.2 Å². The van der Waals surface area contributed by atoms with E-state index in [1.165, 1.54) is 0 Å². The van der Waals surface area contributed by atoms with Crippen molar-refractivity contribution in [2.24, 2.45) is 0 Å². The number of carbonyl (C=O) groups is 2. The molecule has 0 aliphatic carbocycles. The van der Waals surface area contributed by atoms with Gasteiger partial charge in [0.25, 0.3) is 0 Å². The Balaban J connectivity index is 2.19. The highest BCUT2D eigenvalue weighted by molar-refractivity contribution is 7.99. The number of benzene rings is 1. The van der Waals surface area contributed by atoms with Gasteiger partial charge in [-0.25, -0.2) is 0 Å². The molecule has 2 amide bonds. The van der Waals surface area contributed by atoms with Crippen molar-refractivity contribution in [3.8, 4) is 0 Å². The summed E-state index contributed by atoms with van der Waals surface area (Å²) in [6.45, 7) is 3.08. The zero-order valence-corrected chi connectivity index (χ0v) is 13.6. The van der Waals surface area contributed by atoms with Gasteiger partial charge in [-0.05, 0) is 11.3 Å². The monoisotopic (exact) mass is 308 g/mol. The van der Waals surface area contributed by atoms with E-state index in [1.54, 1.807) is 23.7 Å². The van der Waals surface area contributed by atoms with E-state index in [2.05, 4.69) is 12.2 Å². The maximum absolute atomic E-state index is 12.0. The van der Waals surface area contributed by atoms with E-state index in [4.69, 9.17) is 0 Å². The van der Waals surface area contributed by atoms with Crippen molar-refractivity contribution in [1.82, 2.24) is 10.2 Å². The topological polar surface area (TPSA) is 49.4 Å². The third-order valence-electron chi connectivity index (χ3n) is 3.03. The molecule has 0 saturated carbocycles. The van der Waals surface area contributed by atoms with E-state index in [1.807, 2.05) is 30.3 Å². The van der Waals surface area contributed by atoms with Crippen LogP contribution in [-0.2, 0) is 16.1 Å². The summed E-state index contributed by atoms with van der Waals surface area (Å²) in [6.07, 6.45) is 0.864. The van der Waals surface area contributed by atoms with Gasteiger partial charge in [0.2, 0.25) is 11.8 Å². The Bertz CT molecular complexity index is 437. The van der Waals surface area contributed by atoms with E-state index in [0.717, 1.165) is 17.1 Å². The van der Waals surface area contributed by atoms with E-state index in [9.17, 15) is 9.59 Å². The molecule has 0 aliphatic heterocycles. The number of thioether (sulfide) groups is 1.